The molecule has 2 unspecified atom stereocenters. The first-order valence-corrected chi connectivity index (χ1v) is 5.19. The van der Waals surface area contributed by atoms with Crippen molar-refractivity contribution < 1.29 is 0 Å². The maximum absolute atomic E-state index is 2.47. The molecule has 0 aliphatic carbocycles. The molecule has 1 aliphatic rings. The summed E-state index contributed by atoms with van der Waals surface area (Å²) in [5.74, 6) is 3.44. The van der Waals surface area contributed by atoms with Gasteiger partial charge in [-0.1, -0.05) is 20.3 Å². The molecule has 0 aromatic heterocycles. The number of nitrogens with zero attached hydrogens (tertiary/aromatic N) is 1. The van der Waals surface area contributed by atoms with Gasteiger partial charge >= 0.3 is 0 Å². The van der Waals surface area contributed by atoms with Crippen molar-refractivity contribution in [2.75, 3.05) is 18.7 Å². The molecule has 0 spiro atoms. The SMILES string of the molecule is CCC(C)C1CSCN1C. The van der Waals surface area contributed by atoms with Crippen molar-refractivity contribution in [1.29, 1.82) is 0 Å². The van der Waals surface area contributed by atoms with Crippen molar-refractivity contribution in [3.8, 4) is 0 Å². The van der Waals surface area contributed by atoms with Crippen molar-refractivity contribution in [2.24, 2.45) is 5.92 Å². The number of thioether (sulfide) groups is 1. The van der Waals surface area contributed by atoms with Crippen LogP contribution >= 0.6 is 11.8 Å². The van der Waals surface area contributed by atoms with E-state index in [1.165, 1.54) is 18.1 Å². The zero-order valence-electron chi connectivity index (χ0n) is 7.13. The second-order valence-electron chi connectivity index (χ2n) is 3.21. The molecule has 1 nitrogen and oxygen atoms in total. The topological polar surface area (TPSA) is 3.24 Å². The molecule has 1 saturated heterocycles. The third-order valence-corrected chi connectivity index (χ3v) is 3.62. The van der Waals surface area contributed by atoms with E-state index in [0.717, 1.165) is 12.0 Å². The minimum atomic E-state index is 0.843. The van der Waals surface area contributed by atoms with Gasteiger partial charge in [0, 0.05) is 17.7 Å². The summed E-state index contributed by atoms with van der Waals surface area (Å²) in [6.45, 7) is 4.63. The van der Waals surface area contributed by atoms with Gasteiger partial charge in [-0.2, -0.15) is 0 Å². The van der Waals surface area contributed by atoms with E-state index in [1.807, 2.05) is 0 Å². The highest BCUT2D eigenvalue weighted by atomic mass is 32.2. The molecule has 1 heterocycles. The van der Waals surface area contributed by atoms with Gasteiger partial charge in [-0.25, -0.2) is 0 Å². The Morgan fingerprint density at radius 1 is 1.70 bits per heavy atom. The molecular weight excluding hydrogens is 142 g/mol. The van der Waals surface area contributed by atoms with E-state index in [4.69, 9.17) is 0 Å². The highest BCUT2D eigenvalue weighted by Crippen LogP contribution is 2.25. The van der Waals surface area contributed by atoms with E-state index >= 15 is 0 Å². The predicted molar refractivity (Wildman–Crippen MR) is 48.3 cm³/mol. The smallest absolute Gasteiger partial charge is 0.0445 e. The fraction of sp³-hybridized carbons (Fsp3) is 1.00. The van der Waals surface area contributed by atoms with Crippen LogP contribution in [-0.2, 0) is 0 Å². The van der Waals surface area contributed by atoms with Gasteiger partial charge in [0.05, 0.1) is 0 Å². The summed E-state index contributed by atoms with van der Waals surface area (Å²) in [6, 6.07) is 0.843. The summed E-state index contributed by atoms with van der Waals surface area (Å²) < 4.78 is 0. The molecule has 60 valence electrons. The Morgan fingerprint density at radius 2 is 2.40 bits per heavy atom. The first-order valence-electron chi connectivity index (χ1n) is 4.03. The Labute approximate surface area is 68.2 Å². The van der Waals surface area contributed by atoms with Crippen LogP contribution in [0.15, 0.2) is 0 Å². The Hall–Kier alpha value is 0.310. The van der Waals surface area contributed by atoms with E-state index in [0.29, 0.717) is 0 Å². The minimum Gasteiger partial charge on any atom is -0.293 e. The zero-order valence-corrected chi connectivity index (χ0v) is 7.95. The standard InChI is InChI=1S/C8H17NS/c1-4-7(2)8-5-10-6-9(8)3/h7-8H,4-6H2,1-3H3. The maximum atomic E-state index is 2.47. The predicted octanol–water partition coefficient (Wildman–Crippen LogP) is 2.04. The van der Waals surface area contributed by atoms with Gasteiger partial charge < -0.3 is 0 Å². The Bertz CT molecular complexity index is 105. The van der Waals surface area contributed by atoms with Crippen molar-refractivity contribution in [3.05, 3.63) is 0 Å². The molecule has 2 atom stereocenters. The number of hydrogen-bond donors (Lipinski definition) is 0. The van der Waals surface area contributed by atoms with Crippen LogP contribution < -0.4 is 0 Å². The lowest BCUT2D eigenvalue weighted by molar-refractivity contribution is 0.244. The lowest BCUT2D eigenvalue weighted by Gasteiger charge is -2.23. The van der Waals surface area contributed by atoms with Crippen LogP contribution in [0.5, 0.6) is 0 Å². The lowest BCUT2D eigenvalue weighted by Crippen LogP contribution is -2.32. The monoisotopic (exact) mass is 159 g/mol. The molecule has 10 heavy (non-hydrogen) atoms. The second kappa shape index (κ2) is 3.63. The summed E-state index contributed by atoms with van der Waals surface area (Å²) in [4.78, 5) is 2.47. The number of rotatable bonds is 2. The minimum absolute atomic E-state index is 0.843. The largest absolute Gasteiger partial charge is 0.293 e. The molecule has 0 saturated carbocycles. The molecule has 0 radical (unpaired) electrons. The van der Waals surface area contributed by atoms with Crippen LogP contribution in [0.25, 0.3) is 0 Å². The van der Waals surface area contributed by atoms with Crippen molar-refractivity contribution in [2.45, 2.75) is 26.3 Å². The summed E-state index contributed by atoms with van der Waals surface area (Å²) in [5, 5.41) is 0. The van der Waals surface area contributed by atoms with Crippen molar-refractivity contribution >= 4 is 11.8 Å². The van der Waals surface area contributed by atoms with E-state index in [1.54, 1.807) is 0 Å². The van der Waals surface area contributed by atoms with Crippen molar-refractivity contribution in [1.82, 2.24) is 4.90 Å². The van der Waals surface area contributed by atoms with Gasteiger partial charge in [0.1, 0.15) is 0 Å². The van der Waals surface area contributed by atoms with Crippen LogP contribution in [0.1, 0.15) is 20.3 Å². The van der Waals surface area contributed by atoms with Crippen LogP contribution in [-0.4, -0.2) is 29.6 Å². The van der Waals surface area contributed by atoms with E-state index in [2.05, 4.69) is 37.6 Å². The molecule has 0 aromatic carbocycles. The Morgan fingerprint density at radius 3 is 2.80 bits per heavy atom. The van der Waals surface area contributed by atoms with Crippen LogP contribution in [0.2, 0.25) is 0 Å². The van der Waals surface area contributed by atoms with E-state index in [-0.39, 0.29) is 0 Å². The van der Waals surface area contributed by atoms with Crippen LogP contribution in [0.3, 0.4) is 0 Å². The van der Waals surface area contributed by atoms with E-state index in [9.17, 15) is 0 Å². The average Bonchev–Trinajstić information content (AvgIpc) is 2.34. The van der Waals surface area contributed by atoms with Gasteiger partial charge in [-0.15, -0.1) is 11.8 Å². The Kier molecular flexibility index (Phi) is 3.05. The first-order chi connectivity index (χ1) is 4.75. The molecule has 0 aromatic rings. The fourth-order valence-electron chi connectivity index (χ4n) is 1.41. The van der Waals surface area contributed by atoms with Crippen molar-refractivity contribution in [3.63, 3.8) is 0 Å². The summed E-state index contributed by atoms with van der Waals surface area (Å²) in [6.07, 6.45) is 1.32. The lowest BCUT2D eigenvalue weighted by atomic mass is 10.0. The molecule has 1 fully saturated rings. The molecule has 0 amide bonds. The van der Waals surface area contributed by atoms with Crippen LogP contribution in [0, 0.1) is 5.92 Å². The summed E-state index contributed by atoms with van der Waals surface area (Å²) in [5.41, 5.74) is 0. The number of hydrogen-bond acceptors (Lipinski definition) is 2. The third kappa shape index (κ3) is 1.67. The molecule has 0 N–H and O–H groups in total. The maximum Gasteiger partial charge on any atom is 0.0445 e. The van der Waals surface area contributed by atoms with Gasteiger partial charge in [-0.3, -0.25) is 4.90 Å². The normalized spacial score (nSPS) is 30.9. The van der Waals surface area contributed by atoms with Gasteiger partial charge in [0.25, 0.3) is 0 Å². The highest BCUT2D eigenvalue weighted by Gasteiger charge is 2.25. The first kappa shape index (κ1) is 8.41. The van der Waals surface area contributed by atoms with Gasteiger partial charge in [0.2, 0.25) is 0 Å². The molecule has 1 aliphatic heterocycles. The van der Waals surface area contributed by atoms with Gasteiger partial charge in [-0.05, 0) is 13.0 Å². The van der Waals surface area contributed by atoms with Crippen LogP contribution in [0.4, 0.5) is 0 Å². The fourth-order valence-corrected chi connectivity index (χ4v) is 2.82. The molecule has 0 bridgehead atoms. The second-order valence-corrected chi connectivity index (χ2v) is 4.21. The molecular formula is C8H17NS. The highest BCUT2D eigenvalue weighted by molar-refractivity contribution is 7.99. The summed E-state index contributed by atoms with van der Waals surface area (Å²) >= 11 is 2.06. The van der Waals surface area contributed by atoms with Gasteiger partial charge in [0.15, 0.2) is 0 Å². The molecule has 2 heteroatoms. The zero-order chi connectivity index (χ0) is 7.56. The van der Waals surface area contributed by atoms with E-state index < -0.39 is 0 Å². The molecule has 1 rings (SSSR count). The average molecular weight is 159 g/mol. The Balaban J connectivity index is 2.38. The third-order valence-electron chi connectivity index (χ3n) is 2.45. The quantitative estimate of drug-likeness (QED) is 0.606. The summed E-state index contributed by atoms with van der Waals surface area (Å²) in [7, 11) is 2.23.